The van der Waals surface area contributed by atoms with Gasteiger partial charge in [0.05, 0.1) is 0 Å². The predicted octanol–water partition coefficient (Wildman–Crippen LogP) is 1.43. The van der Waals surface area contributed by atoms with Gasteiger partial charge in [0, 0.05) is 26.2 Å². The lowest BCUT2D eigenvalue weighted by molar-refractivity contribution is 0.123. The number of piperidine rings is 1. The maximum absolute atomic E-state index is 12.8. The average Bonchev–Trinajstić information content (AvgIpc) is 2.46. The SMILES string of the molecule is CNCCCN(C)S(=O)(=O)N1CCCC2CCCCC21. The summed E-state index contributed by atoms with van der Waals surface area (Å²) in [6, 6.07) is 0.259. The smallest absolute Gasteiger partial charge is 0.281 e. The summed E-state index contributed by atoms with van der Waals surface area (Å²) in [6.07, 6.45) is 7.79. The van der Waals surface area contributed by atoms with Crippen LogP contribution in [0, 0.1) is 5.92 Å². The van der Waals surface area contributed by atoms with Crippen molar-refractivity contribution in [3.8, 4) is 0 Å². The lowest BCUT2D eigenvalue weighted by Crippen LogP contribution is -2.53. The quantitative estimate of drug-likeness (QED) is 0.755. The van der Waals surface area contributed by atoms with Crippen molar-refractivity contribution in [3.05, 3.63) is 0 Å². The fourth-order valence-corrected chi connectivity index (χ4v) is 5.34. The van der Waals surface area contributed by atoms with Gasteiger partial charge in [-0.15, -0.1) is 0 Å². The van der Waals surface area contributed by atoms with Crippen LogP contribution in [0.15, 0.2) is 0 Å². The number of fused-ring (bicyclic) bond motifs is 1. The van der Waals surface area contributed by atoms with Gasteiger partial charge in [-0.1, -0.05) is 12.8 Å². The highest BCUT2D eigenvalue weighted by atomic mass is 32.2. The van der Waals surface area contributed by atoms with Crippen LogP contribution in [-0.4, -0.2) is 56.8 Å². The molecule has 1 heterocycles. The zero-order chi connectivity index (χ0) is 14.6. The van der Waals surface area contributed by atoms with Crippen LogP contribution in [0.5, 0.6) is 0 Å². The molecule has 0 aromatic carbocycles. The van der Waals surface area contributed by atoms with Crippen molar-refractivity contribution < 1.29 is 8.42 Å². The van der Waals surface area contributed by atoms with Crippen LogP contribution in [0.25, 0.3) is 0 Å². The minimum absolute atomic E-state index is 0.259. The van der Waals surface area contributed by atoms with E-state index >= 15 is 0 Å². The molecule has 0 amide bonds. The van der Waals surface area contributed by atoms with E-state index in [-0.39, 0.29) is 6.04 Å². The molecule has 118 valence electrons. The molecule has 1 N–H and O–H groups in total. The van der Waals surface area contributed by atoms with Crippen molar-refractivity contribution in [1.29, 1.82) is 0 Å². The van der Waals surface area contributed by atoms with Gasteiger partial charge in [0.2, 0.25) is 0 Å². The minimum atomic E-state index is -3.27. The third kappa shape index (κ3) is 3.53. The highest BCUT2D eigenvalue weighted by Crippen LogP contribution is 2.37. The molecule has 20 heavy (non-hydrogen) atoms. The fraction of sp³-hybridized carbons (Fsp3) is 1.00. The first kappa shape index (κ1) is 16.2. The third-order valence-corrected chi connectivity index (χ3v) is 6.80. The molecular weight excluding hydrogens is 274 g/mol. The monoisotopic (exact) mass is 303 g/mol. The number of nitrogens with zero attached hydrogens (tertiary/aromatic N) is 2. The Morgan fingerprint density at radius 2 is 1.90 bits per heavy atom. The van der Waals surface area contributed by atoms with E-state index in [4.69, 9.17) is 0 Å². The molecule has 6 heteroatoms. The summed E-state index contributed by atoms with van der Waals surface area (Å²) in [5, 5.41) is 3.06. The van der Waals surface area contributed by atoms with Gasteiger partial charge in [-0.3, -0.25) is 0 Å². The highest BCUT2D eigenvalue weighted by Gasteiger charge is 2.40. The maximum Gasteiger partial charge on any atom is 0.281 e. The van der Waals surface area contributed by atoms with Gasteiger partial charge >= 0.3 is 0 Å². The van der Waals surface area contributed by atoms with E-state index in [9.17, 15) is 8.42 Å². The Kier molecular flexibility index (Phi) is 5.84. The molecule has 1 aliphatic heterocycles. The first-order valence-electron chi connectivity index (χ1n) is 7.95. The van der Waals surface area contributed by atoms with Gasteiger partial charge in [0.15, 0.2) is 0 Å². The van der Waals surface area contributed by atoms with E-state index in [1.165, 1.54) is 25.7 Å². The Balaban J connectivity index is 2.03. The summed E-state index contributed by atoms with van der Waals surface area (Å²) < 4.78 is 28.9. The van der Waals surface area contributed by atoms with Crippen LogP contribution in [0.1, 0.15) is 44.9 Å². The zero-order valence-electron chi connectivity index (χ0n) is 12.8. The predicted molar refractivity (Wildman–Crippen MR) is 81.8 cm³/mol. The van der Waals surface area contributed by atoms with Crippen molar-refractivity contribution in [2.45, 2.75) is 51.0 Å². The Morgan fingerprint density at radius 1 is 1.20 bits per heavy atom. The molecule has 0 radical (unpaired) electrons. The second-order valence-electron chi connectivity index (χ2n) is 6.15. The lowest BCUT2D eigenvalue weighted by Gasteiger charge is -2.44. The summed E-state index contributed by atoms with van der Waals surface area (Å²) in [5.41, 5.74) is 0. The molecule has 1 aliphatic carbocycles. The third-order valence-electron chi connectivity index (χ3n) is 4.78. The molecule has 1 saturated heterocycles. The Labute approximate surface area is 123 Å². The van der Waals surface area contributed by atoms with E-state index in [1.54, 1.807) is 15.7 Å². The number of nitrogens with one attached hydrogen (secondary N) is 1. The zero-order valence-corrected chi connectivity index (χ0v) is 13.7. The van der Waals surface area contributed by atoms with Crippen molar-refractivity contribution in [2.24, 2.45) is 5.92 Å². The highest BCUT2D eigenvalue weighted by molar-refractivity contribution is 7.86. The van der Waals surface area contributed by atoms with Crippen LogP contribution in [0.3, 0.4) is 0 Å². The largest absolute Gasteiger partial charge is 0.320 e. The van der Waals surface area contributed by atoms with E-state index in [1.807, 2.05) is 7.05 Å². The van der Waals surface area contributed by atoms with Crippen molar-refractivity contribution in [3.63, 3.8) is 0 Å². The van der Waals surface area contributed by atoms with Crippen molar-refractivity contribution in [2.75, 3.05) is 33.7 Å². The fourth-order valence-electron chi connectivity index (χ4n) is 3.64. The first-order chi connectivity index (χ1) is 9.57. The van der Waals surface area contributed by atoms with Crippen molar-refractivity contribution >= 4 is 10.2 Å². The molecule has 2 atom stereocenters. The first-order valence-corrected chi connectivity index (χ1v) is 9.34. The summed E-state index contributed by atoms with van der Waals surface area (Å²) in [5.74, 6) is 0.595. The minimum Gasteiger partial charge on any atom is -0.320 e. The molecule has 0 bridgehead atoms. The molecule has 0 spiro atoms. The Morgan fingerprint density at radius 3 is 2.65 bits per heavy atom. The van der Waals surface area contributed by atoms with Gasteiger partial charge in [-0.2, -0.15) is 17.0 Å². The van der Waals surface area contributed by atoms with Crippen LogP contribution >= 0.6 is 0 Å². The molecule has 0 aromatic rings. The van der Waals surface area contributed by atoms with E-state index in [0.29, 0.717) is 19.0 Å². The van der Waals surface area contributed by atoms with Gasteiger partial charge in [0.1, 0.15) is 0 Å². The second-order valence-corrected chi connectivity index (χ2v) is 8.14. The molecule has 2 unspecified atom stereocenters. The number of hydrogen-bond acceptors (Lipinski definition) is 3. The maximum atomic E-state index is 12.8. The van der Waals surface area contributed by atoms with E-state index < -0.39 is 10.2 Å². The Bertz CT molecular complexity index is 397. The van der Waals surface area contributed by atoms with Crippen molar-refractivity contribution in [1.82, 2.24) is 13.9 Å². The van der Waals surface area contributed by atoms with E-state index in [0.717, 1.165) is 25.8 Å². The van der Waals surface area contributed by atoms with Gasteiger partial charge in [0.25, 0.3) is 10.2 Å². The van der Waals surface area contributed by atoms with E-state index in [2.05, 4.69) is 5.32 Å². The summed E-state index contributed by atoms with van der Waals surface area (Å²) in [4.78, 5) is 0. The van der Waals surface area contributed by atoms with Gasteiger partial charge in [-0.25, -0.2) is 0 Å². The normalized spacial score (nSPS) is 28.6. The molecule has 5 nitrogen and oxygen atoms in total. The molecule has 2 aliphatic rings. The van der Waals surface area contributed by atoms with Gasteiger partial charge < -0.3 is 5.32 Å². The number of hydrogen-bond donors (Lipinski definition) is 1. The summed E-state index contributed by atoms with van der Waals surface area (Å²) in [7, 11) is 0.340. The molecule has 0 aromatic heterocycles. The molecule has 2 rings (SSSR count). The van der Waals surface area contributed by atoms with Crippen LogP contribution in [-0.2, 0) is 10.2 Å². The topological polar surface area (TPSA) is 52.7 Å². The second kappa shape index (κ2) is 7.20. The summed E-state index contributed by atoms with van der Waals surface area (Å²) in [6.45, 7) is 2.16. The average molecular weight is 303 g/mol. The van der Waals surface area contributed by atoms with Gasteiger partial charge in [-0.05, 0) is 51.6 Å². The summed E-state index contributed by atoms with van der Waals surface area (Å²) >= 11 is 0. The van der Waals surface area contributed by atoms with Crippen LogP contribution in [0.4, 0.5) is 0 Å². The molecule has 2 fully saturated rings. The lowest BCUT2D eigenvalue weighted by atomic mass is 9.79. The molecular formula is C14H29N3O2S. The Hall–Kier alpha value is -0.170. The number of rotatable bonds is 6. The molecule has 1 saturated carbocycles. The van der Waals surface area contributed by atoms with Crippen LogP contribution < -0.4 is 5.32 Å². The van der Waals surface area contributed by atoms with Crippen LogP contribution in [0.2, 0.25) is 0 Å². The standard InChI is InChI=1S/C14H29N3O2S/c1-15-10-6-11-16(2)20(18,19)17-12-5-8-13-7-3-4-9-14(13)17/h13-15H,3-12H2,1-2H3.